The van der Waals surface area contributed by atoms with E-state index in [1.807, 2.05) is 0 Å². The zero-order valence-corrected chi connectivity index (χ0v) is 13.6. The number of carbonyl (C=O) groups excluding carboxylic acids is 2. The molecule has 0 saturated carbocycles. The second kappa shape index (κ2) is 7.52. The third kappa shape index (κ3) is 5.96. The molecule has 0 aliphatic carbocycles. The number of alkyl carbamates (subject to hydrolysis) is 1. The average molecular weight is 327 g/mol. The summed E-state index contributed by atoms with van der Waals surface area (Å²) in [5.41, 5.74) is -0.613. The van der Waals surface area contributed by atoms with Crippen molar-refractivity contribution in [3.8, 4) is 0 Å². The molecule has 6 nitrogen and oxygen atoms in total. The number of rotatable bonds is 5. The number of benzene rings is 1. The van der Waals surface area contributed by atoms with Gasteiger partial charge in [-0.05, 0) is 45.4 Å². The monoisotopic (exact) mass is 327 g/mol. The lowest BCUT2D eigenvalue weighted by Gasteiger charge is -2.23. The Hall–Kier alpha value is -1.99. The molecule has 0 heterocycles. The molecule has 0 spiro atoms. The number of ether oxygens (including phenoxy) is 1. The topological polar surface area (TPSA) is 95.9 Å². The molecule has 1 amide bonds. The van der Waals surface area contributed by atoms with Crippen molar-refractivity contribution in [2.45, 2.75) is 45.5 Å². The molecule has 1 aromatic rings. The van der Waals surface area contributed by atoms with E-state index in [-0.39, 0.29) is 17.7 Å². The first-order valence-electron chi connectivity index (χ1n) is 7.14. The fourth-order valence-corrected chi connectivity index (χ4v) is 1.91. The number of hydrogen-bond donors (Lipinski definition) is 3. The number of carbonyl (C=O) groups is 2. The van der Waals surface area contributed by atoms with Crippen LogP contribution in [0.3, 0.4) is 0 Å². The van der Waals surface area contributed by atoms with Crippen molar-refractivity contribution >= 4 is 11.9 Å². The average Bonchev–Trinajstić information content (AvgIpc) is 2.42. The number of Topliss-reactive ketones (excluding diaryl/α,β-unsaturated/α-hetero) is 1. The smallest absolute Gasteiger partial charge is 0.407 e. The highest BCUT2D eigenvalue weighted by molar-refractivity contribution is 5.95. The molecule has 2 unspecified atom stereocenters. The van der Waals surface area contributed by atoms with Gasteiger partial charge in [0.05, 0.1) is 0 Å². The molecular weight excluding hydrogens is 305 g/mol. The van der Waals surface area contributed by atoms with Crippen LogP contribution in [0.1, 0.15) is 49.7 Å². The molecule has 0 aliphatic rings. The second-order valence-electron chi connectivity index (χ2n) is 6.18. The Labute approximate surface area is 134 Å². The van der Waals surface area contributed by atoms with Gasteiger partial charge in [-0.1, -0.05) is 6.07 Å². The molecule has 0 fully saturated rings. The summed E-state index contributed by atoms with van der Waals surface area (Å²) in [6.07, 6.45) is -3.58. The number of ketones is 1. The summed E-state index contributed by atoms with van der Waals surface area (Å²) in [7, 11) is 0. The minimum atomic E-state index is -1.45. The van der Waals surface area contributed by atoms with Gasteiger partial charge in [-0.3, -0.25) is 4.79 Å². The Kier molecular flexibility index (Phi) is 6.23. The summed E-state index contributed by atoms with van der Waals surface area (Å²) in [6, 6.07) is 3.31. The van der Waals surface area contributed by atoms with E-state index >= 15 is 0 Å². The number of halogens is 1. The molecule has 0 aliphatic heterocycles. The van der Waals surface area contributed by atoms with Crippen molar-refractivity contribution in [1.29, 1.82) is 0 Å². The molecular formula is C16H22FNO5. The van der Waals surface area contributed by atoms with E-state index in [1.165, 1.54) is 13.0 Å². The highest BCUT2D eigenvalue weighted by atomic mass is 19.1. The van der Waals surface area contributed by atoms with Gasteiger partial charge in [-0.25, -0.2) is 9.18 Å². The van der Waals surface area contributed by atoms with E-state index in [4.69, 9.17) is 4.74 Å². The first-order chi connectivity index (χ1) is 10.5. The highest BCUT2D eigenvalue weighted by Gasteiger charge is 2.24. The third-order valence-electron chi connectivity index (χ3n) is 2.93. The number of nitrogens with one attached hydrogen (secondary N) is 1. The normalized spacial score (nSPS) is 14.0. The minimum absolute atomic E-state index is 0.0196. The SMILES string of the molecule is CC(=O)c1cc(F)ccc1C(O)C(O)CNC(=O)OC(C)(C)C. The quantitative estimate of drug-likeness (QED) is 0.718. The first-order valence-corrected chi connectivity index (χ1v) is 7.14. The van der Waals surface area contributed by atoms with E-state index in [1.54, 1.807) is 20.8 Å². The van der Waals surface area contributed by atoms with E-state index in [2.05, 4.69) is 5.32 Å². The molecule has 23 heavy (non-hydrogen) atoms. The van der Waals surface area contributed by atoms with Crippen LogP contribution in [0.25, 0.3) is 0 Å². The summed E-state index contributed by atoms with van der Waals surface area (Å²) >= 11 is 0. The Morgan fingerprint density at radius 3 is 2.43 bits per heavy atom. The van der Waals surface area contributed by atoms with E-state index in [0.29, 0.717) is 0 Å². The summed E-state index contributed by atoms with van der Waals surface area (Å²) < 4.78 is 18.2. The van der Waals surface area contributed by atoms with Crippen LogP contribution in [-0.4, -0.2) is 40.3 Å². The van der Waals surface area contributed by atoms with Crippen LogP contribution in [0.5, 0.6) is 0 Å². The number of hydrogen-bond acceptors (Lipinski definition) is 5. The van der Waals surface area contributed by atoms with Crippen molar-refractivity contribution in [2.24, 2.45) is 0 Å². The van der Waals surface area contributed by atoms with Gasteiger partial charge in [0, 0.05) is 12.1 Å². The van der Waals surface area contributed by atoms with Crippen molar-refractivity contribution in [3.63, 3.8) is 0 Å². The Bertz CT molecular complexity index is 582. The van der Waals surface area contributed by atoms with Crippen LogP contribution in [-0.2, 0) is 4.74 Å². The highest BCUT2D eigenvalue weighted by Crippen LogP contribution is 2.22. The van der Waals surface area contributed by atoms with Crippen LogP contribution in [0.15, 0.2) is 18.2 Å². The Morgan fingerprint density at radius 2 is 1.91 bits per heavy atom. The largest absolute Gasteiger partial charge is 0.444 e. The van der Waals surface area contributed by atoms with Gasteiger partial charge >= 0.3 is 6.09 Å². The maximum atomic E-state index is 13.2. The molecule has 128 valence electrons. The van der Waals surface area contributed by atoms with Crippen LogP contribution >= 0.6 is 0 Å². The predicted octanol–water partition coefficient (Wildman–Crippen LogP) is 1.95. The van der Waals surface area contributed by atoms with Gasteiger partial charge in [0.2, 0.25) is 0 Å². The van der Waals surface area contributed by atoms with Crippen LogP contribution in [0, 0.1) is 5.82 Å². The van der Waals surface area contributed by atoms with E-state index < -0.39 is 35.5 Å². The van der Waals surface area contributed by atoms with Crippen molar-refractivity contribution in [1.82, 2.24) is 5.32 Å². The van der Waals surface area contributed by atoms with E-state index in [0.717, 1.165) is 12.1 Å². The lowest BCUT2D eigenvalue weighted by Crippen LogP contribution is -2.39. The number of aliphatic hydroxyl groups excluding tert-OH is 2. The standard InChI is InChI=1S/C16H22FNO5/c1-9(19)12-7-10(17)5-6-11(12)14(21)13(20)8-18-15(22)23-16(2,3)4/h5-7,13-14,20-21H,8H2,1-4H3,(H,18,22). The Morgan fingerprint density at radius 1 is 1.30 bits per heavy atom. The minimum Gasteiger partial charge on any atom is -0.444 e. The van der Waals surface area contributed by atoms with Crippen molar-refractivity contribution < 1.29 is 28.9 Å². The number of aliphatic hydroxyl groups is 2. The van der Waals surface area contributed by atoms with Crippen molar-refractivity contribution in [2.75, 3.05) is 6.54 Å². The van der Waals surface area contributed by atoms with Gasteiger partial charge in [-0.2, -0.15) is 0 Å². The maximum absolute atomic E-state index is 13.2. The lowest BCUT2D eigenvalue weighted by molar-refractivity contribution is 0.0125. The van der Waals surface area contributed by atoms with Gasteiger partial charge in [0.15, 0.2) is 5.78 Å². The van der Waals surface area contributed by atoms with Gasteiger partial charge in [-0.15, -0.1) is 0 Å². The van der Waals surface area contributed by atoms with Gasteiger partial charge in [0.25, 0.3) is 0 Å². The number of amides is 1. The van der Waals surface area contributed by atoms with Gasteiger partial charge in [0.1, 0.15) is 23.6 Å². The fourth-order valence-electron chi connectivity index (χ4n) is 1.91. The second-order valence-corrected chi connectivity index (χ2v) is 6.18. The Balaban J connectivity index is 2.76. The molecule has 0 bridgehead atoms. The lowest BCUT2D eigenvalue weighted by atomic mass is 9.96. The molecule has 0 aromatic heterocycles. The molecule has 2 atom stereocenters. The molecule has 3 N–H and O–H groups in total. The molecule has 1 aromatic carbocycles. The summed E-state index contributed by atoms with van der Waals surface area (Å²) in [4.78, 5) is 23.0. The van der Waals surface area contributed by atoms with Gasteiger partial charge < -0.3 is 20.3 Å². The van der Waals surface area contributed by atoms with Crippen molar-refractivity contribution in [3.05, 3.63) is 35.1 Å². The van der Waals surface area contributed by atoms with Crippen LogP contribution in [0.2, 0.25) is 0 Å². The molecule has 0 saturated heterocycles. The summed E-state index contributed by atoms with van der Waals surface area (Å²) in [5.74, 6) is -1.06. The zero-order chi connectivity index (χ0) is 17.8. The third-order valence-corrected chi connectivity index (χ3v) is 2.93. The first kappa shape index (κ1) is 19.1. The maximum Gasteiger partial charge on any atom is 0.407 e. The molecule has 0 radical (unpaired) electrons. The predicted molar refractivity (Wildman–Crippen MR) is 81.6 cm³/mol. The zero-order valence-electron chi connectivity index (χ0n) is 13.6. The summed E-state index contributed by atoms with van der Waals surface area (Å²) in [5, 5.41) is 22.4. The summed E-state index contributed by atoms with van der Waals surface area (Å²) in [6.45, 7) is 6.02. The fraction of sp³-hybridized carbons (Fsp3) is 0.500. The molecule has 1 rings (SSSR count). The van der Waals surface area contributed by atoms with Crippen LogP contribution < -0.4 is 5.32 Å². The molecule has 7 heteroatoms. The van der Waals surface area contributed by atoms with Crippen LogP contribution in [0.4, 0.5) is 9.18 Å². The van der Waals surface area contributed by atoms with E-state index in [9.17, 15) is 24.2 Å².